The van der Waals surface area contributed by atoms with E-state index in [1.165, 1.54) is 6.20 Å². The van der Waals surface area contributed by atoms with Gasteiger partial charge in [0.25, 0.3) is 5.91 Å². The van der Waals surface area contributed by atoms with E-state index in [4.69, 9.17) is 10.8 Å². The minimum Gasteiger partial charge on any atom is -0.396 e. The third-order valence-corrected chi connectivity index (χ3v) is 2.00. The van der Waals surface area contributed by atoms with Crippen molar-refractivity contribution in [1.82, 2.24) is 15.1 Å². The number of rotatable bonds is 5. The van der Waals surface area contributed by atoms with E-state index in [0.29, 0.717) is 30.9 Å². The Hall–Kier alpha value is -1.56. The number of nitrogens with zero attached hydrogens (tertiary/aromatic N) is 2. The van der Waals surface area contributed by atoms with Crippen molar-refractivity contribution in [2.24, 2.45) is 0 Å². The zero-order chi connectivity index (χ0) is 11.3. The van der Waals surface area contributed by atoms with Crippen LogP contribution in [0.15, 0.2) is 6.20 Å². The van der Waals surface area contributed by atoms with Crippen molar-refractivity contribution in [3.63, 3.8) is 0 Å². The van der Waals surface area contributed by atoms with Gasteiger partial charge in [-0.25, -0.2) is 0 Å². The van der Waals surface area contributed by atoms with Gasteiger partial charge in [-0.3, -0.25) is 9.48 Å². The molecule has 0 aliphatic rings. The van der Waals surface area contributed by atoms with Crippen LogP contribution in [-0.2, 0) is 6.54 Å². The van der Waals surface area contributed by atoms with E-state index in [1.807, 2.05) is 6.92 Å². The number of hydrogen-bond acceptors (Lipinski definition) is 4. The predicted octanol–water partition coefficient (Wildman–Crippen LogP) is -0.403. The maximum atomic E-state index is 11.6. The van der Waals surface area contributed by atoms with Gasteiger partial charge in [-0.15, -0.1) is 0 Å². The Balaban J connectivity index is 2.67. The fourth-order valence-corrected chi connectivity index (χ4v) is 1.25. The number of nitrogens with two attached hydrogens (primary N) is 1. The Morgan fingerprint density at radius 2 is 2.47 bits per heavy atom. The summed E-state index contributed by atoms with van der Waals surface area (Å²) in [7, 11) is 0. The molecule has 0 aliphatic heterocycles. The minimum atomic E-state index is -0.250. The number of aryl methyl sites for hydroxylation is 1. The van der Waals surface area contributed by atoms with Crippen molar-refractivity contribution in [3.05, 3.63) is 11.9 Å². The van der Waals surface area contributed by atoms with Crippen LogP contribution < -0.4 is 11.1 Å². The van der Waals surface area contributed by atoms with Crippen molar-refractivity contribution in [3.8, 4) is 0 Å². The summed E-state index contributed by atoms with van der Waals surface area (Å²) in [5.74, 6) is -0.250. The highest BCUT2D eigenvalue weighted by Gasteiger charge is 2.14. The molecule has 0 unspecified atom stereocenters. The fraction of sp³-hybridized carbons (Fsp3) is 0.556. The molecule has 0 radical (unpaired) electrons. The number of nitrogen functional groups attached to an aromatic ring is 1. The van der Waals surface area contributed by atoms with E-state index < -0.39 is 0 Å². The molecule has 0 bridgehead atoms. The first-order valence-corrected chi connectivity index (χ1v) is 4.91. The van der Waals surface area contributed by atoms with Crippen molar-refractivity contribution in [1.29, 1.82) is 0 Å². The minimum absolute atomic E-state index is 0.0583. The molecule has 6 heteroatoms. The first-order valence-electron chi connectivity index (χ1n) is 4.91. The summed E-state index contributed by atoms with van der Waals surface area (Å²) < 4.78 is 1.55. The maximum absolute atomic E-state index is 11.6. The molecule has 4 N–H and O–H groups in total. The van der Waals surface area contributed by atoms with Crippen LogP contribution in [0.1, 0.15) is 23.8 Å². The summed E-state index contributed by atoms with van der Waals surface area (Å²) in [6.07, 6.45) is 2.00. The summed E-state index contributed by atoms with van der Waals surface area (Å²) in [5.41, 5.74) is 6.39. The molecule has 84 valence electrons. The molecule has 1 heterocycles. The third-order valence-electron chi connectivity index (χ3n) is 2.00. The highest BCUT2D eigenvalue weighted by atomic mass is 16.3. The van der Waals surface area contributed by atoms with E-state index in [1.54, 1.807) is 4.68 Å². The van der Waals surface area contributed by atoms with Gasteiger partial charge in [0.2, 0.25) is 0 Å². The number of carbonyl (C=O) groups excluding carboxylic acids is 1. The van der Waals surface area contributed by atoms with Gasteiger partial charge in [0.15, 0.2) is 0 Å². The molecule has 0 spiro atoms. The zero-order valence-electron chi connectivity index (χ0n) is 8.73. The van der Waals surface area contributed by atoms with Crippen LogP contribution in [0.25, 0.3) is 0 Å². The second-order valence-corrected chi connectivity index (χ2v) is 3.10. The predicted molar refractivity (Wildman–Crippen MR) is 56.3 cm³/mol. The van der Waals surface area contributed by atoms with E-state index >= 15 is 0 Å². The van der Waals surface area contributed by atoms with Gasteiger partial charge in [0.1, 0.15) is 5.69 Å². The molecule has 0 aromatic carbocycles. The monoisotopic (exact) mass is 212 g/mol. The molecule has 6 nitrogen and oxygen atoms in total. The standard InChI is InChI=1S/C9H16N4O2/c1-2-13-8(7(10)6-12-13)9(15)11-4-3-5-14/h6,14H,2-5,10H2,1H3,(H,11,15). The SMILES string of the molecule is CCn1ncc(N)c1C(=O)NCCCO. The lowest BCUT2D eigenvalue weighted by molar-refractivity contribution is 0.0941. The zero-order valence-corrected chi connectivity index (χ0v) is 8.73. The van der Waals surface area contributed by atoms with E-state index in [-0.39, 0.29) is 12.5 Å². The lowest BCUT2D eigenvalue weighted by Crippen LogP contribution is -2.28. The third kappa shape index (κ3) is 2.69. The molecule has 1 rings (SSSR count). The average molecular weight is 212 g/mol. The molecule has 0 saturated carbocycles. The van der Waals surface area contributed by atoms with Crippen molar-refractivity contribution in [2.45, 2.75) is 19.9 Å². The van der Waals surface area contributed by atoms with Crippen LogP contribution in [0.3, 0.4) is 0 Å². The second-order valence-electron chi connectivity index (χ2n) is 3.10. The van der Waals surface area contributed by atoms with Gasteiger partial charge in [-0.2, -0.15) is 5.10 Å². The second kappa shape index (κ2) is 5.35. The Morgan fingerprint density at radius 1 is 1.73 bits per heavy atom. The summed E-state index contributed by atoms with van der Waals surface area (Å²) in [5, 5.41) is 15.2. The molecule has 0 aliphatic carbocycles. The average Bonchev–Trinajstić information content (AvgIpc) is 2.59. The number of anilines is 1. The van der Waals surface area contributed by atoms with E-state index in [2.05, 4.69) is 10.4 Å². The van der Waals surface area contributed by atoms with Crippen LogP contribution in [0, 0.1) is 0 Å². The van der Waals surface area contributed by atoms with Gasteiger partial charge in [-0.05, 0) is 13.3 Å². The van der Waals surface area contributed by atoms with E-state index in [9.17, 15) is 4.79 Å². The topological polar surface area (TPSA) is 93.2 Å². The summed E-state index contributed by atoms with van der Waals surface area (Å²) >= 11 is 0. The summed E-state index contributed by atoms with van der Waals surface area (Å²) in [4.78, 5) is 11.6. The van der Waals surface area contributed by atoms with E-state index in [0.717, 1.165) is 0 Å². The molecule has 1 amide bonds. The van der Waals surface area contributed by atoms with Crippen molar-refractivity contribution < 1.29 is 9.90 Å². The van der Waals surface area contributed by atoms with Crippen LogP contribution in [0.5, 0.6) is 0 Å². The molecule has 0 saturated heterocycles. The number of hydrogen-bond donors (Lipinski definition) is 3. The smallest absolute Gasteiger partial charge is 0.271 e. The fourth-order valence-electron chi connectivity index (χ4n) is 1.25. The van der Waals surface area contributed by atoms with Gasteiger partial charge >= 0.3 is 0 Å². The van der Waals surface area contributed by atoms with Gasteiger partial charge in [-0.1, -0.05) is 0 Å². The number of nitrogens with one attached hydrogen (secondary N) is 1. The molecule has 0 fully saturated rings. The molecule has 1 aromatic heterocycles. The quantitative estimate of drug-likeness (QED) is 0.579. The number of aliphatic hydroxyl groups is 1. The van der Waals surface area contributed by atoms with Gasteiger partial charge in [0, 0.05) is 19.7 Å². The van der Waals surface area contributed by atoms with Crippen LogP contribution in [0.4, 0.5) is 5.69 Å². The van der Waals surface area contributed by atoms with Crippen LogP contribution >= 0.6 is 0 Å². The Kier molecular flexibility index (Phi) is 4.11. The Morgan fingerprint density at radius 3 is 3.07 bits per heavy atom. The Bertz CT molecular complexity index is 335. The number of aliphatic hydroxyl groups excluding tert-OH is 1. The normalized spacial score (nSPS) is 10.3. The van der Waals surface area contributed by atoms with Gasteiger partial charge in [0.05, 0.1) is 11.9 Å². The van der Waals surface area contributed by atoms with Crippen molar-refractivity contribution >= 4 is 11.6 Å². The maximum Gasteiger partial charge on any atom is 0.271 e. The molecular formula is C9H16N4O2. The molecular weight excluding hydrogens is 196 g/mol. The van der Waals surface area contributed by atoms with Crippen molar-refractivity contribution in [2.75, 3.05) is 18.9 Å². The number of carbonyl (C=O) groups is 1. The Labute approximate surface area is 88.1 Å². The van der Waals surface area contributed by atoms with Gasteiger partial charge < -0.3 is 16.2 Å². The van der Waals surface area contributed by atoms with Crippen LogP contribution in [-0.4, -0.2) is 33.9 Å². The summed E-state index contributed by atoms with van der Waals surface area (Å²) in [6.45, 7) is 2.98. The lowest BCUT2D eigenvalue weighted by atomic mass is 10.3. The van der Waals surface area contributed by atoms with Crippen LogP contribution in [0.2, 0.25) is 0 Å². The highest BCUT2D eigenvalue weighted by Crippen LogP contribution is 2.09. The molecule has 1 aromatic rings. The lowest BCUT2D eigenvalue weighted by Gasteiger charge is -2.06. The first kappa shape index (κ1) is 11.5. The molecule has 0 atom stereocenters. The highest BCUT2D eigenvalue weighted by molar-refractivity contribution is 5.97. The number of aromatic nitrogens is 2. The largest absolute Gasteiger partial charge is 0.396 e. The molecule has 15 heavy (non-hydrogen) atoms. The number of amides is 1. The summed E-state index contributed by atoms with van der Waals surface area (Å²) in [6, 6.07) is 0. The first-order chi connectivity index (χ1) is 7.20.